The third-order valence-corrected chi connectivity index (χ3v) is 10.5. The molecule has 6 nitrogen and oxygen atoms in total. The maximum absolute atomic E-state index is 12.8. The minimum Gasteiger partial charge on any atom is -0.480 e. The van der Waals surface area contributed by atoms with Crippen LogP contribution in [0.2, 0.25) is 0 Å². The molecule has 0 spiro atoms. The summed E-state index contributed by atoms with van der Waals surface area (Å²) >= 11 is 0. The number of aliphatic carboxylic acids is 1. The summed E-state index contributed by atoms with van der Waals surface area (Å²) < 4.78 is 6.05. The molecule has 0 fully saturated rings. The van der Waals surface area contributed by atoms with Gasteiger partial charge in [-0.1, -0.05) is 206 Å². The second-order valence-electron chi connectivity index (χ2n) is 15.7. The Labute approximate surface area is 317 Å². The molecule has 0 aliphatic heterocycles. The Kier molecular flexibility index (Phi) is 39.9. The average molecular weight is 722 g/mol. The predicted octanol–water partition coefficient (Wildman–Crippen LogP) is 14.0. The van der Waals surface area contributed by atoms with E-state index in [9.17, 15) is 14.4 Å². The number of amides is 1. The smallest absolute Gasteiger partial charge is 0.322 e. The van der Waals surface area contributed by atoms with Crippen LogP contribution in [0.15, 0.2) is 0 Å². The van der Waals surface area contributed by atoms with E-state index in [0.29, 0.717) is 12.8 Å². The van der Waals surface area contributed by atoms with Crippen molar-refractivity contribution in [2.45, 2.75) is 264 Å². The number of carbonyl (C=O) groups excluding carboxylic acids is 2. The molecular weight excluding hydrogens is 634 g/mol. The third-order valence-electron chi connectivity index (χ3n) is 10.5. The molecule has 0 aromatic heterocycles. The van der Waals surface area contributed by atoms with E-state index in [4.69, 9.17) is 9.84 Å². The van der Waals surface area contributed by atoms with Crippen LogP contribution in [0.3, 0.4) is 0 Å². The number of esters is 1. The predicted molar refractivity (Wildman–Crippen MR) is 217 cm³/mol. The Morgan fingerprint density at radius 3 is 1.06 bits per heavy atom. The summed E-state index contributed by atoms with van der Waals surface area (Å²) in [5.41, 5.74) is 0. The van der Waals surface area contributed by atoms with Gasteiger partial charge in [-0.25, -0.2) is 0 Å². The van der Waals surface area contributed by atoms with Crippen LogP contribution < -0.4 is 5.32 Å². The van der Waals surface area contributed by atoms with Gasteiger partial charge in [0.1, 0.15) is 12.6 Å². The summed E-state index contributed by atoms with van der Waals surface area (Å²) in [5.74, 6) is -1.21. The van der Waals surface area contributed by atoms with E-state index in [1.54, 1.807) is 0 Å². The Hall–Kier alpha value is -1.59. The maximum Gasteiger partial charge on any atom is 0.322 e. The van der Waals surface area contributed by atoms with Gasteiger partial charge < -0.3 is 15.2 Å². The first-order valence-corrected chi connectivity index (χ1v) is 22.7. The number of rotatable bonds is 42. The molecule has 0 heterocycles. The van der Waals surface area contributed by atoms with Gasteiger partial charge in [0.25, 0.3) is 0 Å². The lowest BCUT2D eigenvalue weighted by Crippen LogP contribution is -2.28. The Bertz CT molecular complexity index is 757. The van der Waals surface area contributed by atoms with Crippen molar-refractivity contribution in [3.63, 3.8) is 0 Å². The molecule has 6 heteroatoms. The molecule has 1 unspecified atom stereocenters. The minimum absolute atomic E-state index is 0.00701. The maximum atomic E-state index is 12.8. The van der Waals surface area contributed by atoms with E-state index < -0.39 is 5.97 Å². The van der Waals surface area contributed by atoms with E-state index in [1.165, 1.54) is 167 Å². The zero-order chi connectivity index (χ0) is 37.3. The number of carboxylic acid groups (broad SMARTS) is 1. The average Bonchev–Trinajstić information content (AvgIpc) is 3.11. The first-order valence-electron chi connectivity index (χ1n) is 22.7. The summed E-state index contributed by atoms with van der Waals surface area (Å²) in [4.78, 5) is 35.1. The number of nitrogens with one attached hydrogen (secondary N) is 1. The minimum atomic E-state index is -1.01. The van der Waals surface area contributed by atoms with Crippen molar-refractivity contribution in [3.05, 3.63) is 0 Å². The monoisotopic (exact) mass is 722 g/mol. The van der Waals surface area contributed by atoms with Crippen LogP contribution in [-0.4, -0.2) is 35.6 Å². The SMILES string of the molecule is CCCCCCCCCCCCCCCCCCC(=O)OC(CCCCCCCCCCCCCCC)CCCCCCCC(=O)NCC(=O)O. The molecule has 0 saturated heterocycles. The van der Waals surface area contributed by atoms with E-state index in [0.717, 1.165) is 64.2 Å². The second kappa shape index (κ2) is 41.2. The van der Waals surface area contributed by atoms with Gasteiger partial charge >= 0.3 is 11.9 Å². The van der Waals surface area contributed by atoms with Crippen molar-refractivity contribution in [2.75, 3.05) is 6.54 Å². The van der Waals surface area contributed by atoms with Crippen LogP contribution >= 0.6 is 0 Å². The van der Waals surface area contributed by atoms with Crippen LogP contribution in [0, 0.1) is 0 Å². The summed E-state index contributed by atoms with van der Waals surface area (Å²) in [6.45, 7) is 4.25. The third kappa shape index (κ3) is 41.0. The van der Waals surface area contributed by atoms with Crippen LogP contribution in [-0.2, 0) is 19.1 Å². The number of ether oxygens (including phenoxy) is 1. The molecule has 0 bridgehead atoms. The van der Waals surface area contributed by atoms with Gasteiger partial charge in [-0.2, -0.15) is 0 Å². The van der Waals surface area contributed by atoms with E-state index in [-0.39, 0.29) is 24.5 Å². The highest BCUT2D eigenvalue weighted by molar-refractivity contribution is 5.80. The Morgan fingerprint density at radius 2 is 0.725 bits per heavy atom. The number of hydrogen-bond donors (Lipinski definition) is 2. The molecule has 0 radical (unpaired) electrons. The van der Waals surface area contributed by atoms with E-state index in [1.807, 2.05) is 0 Å². The van der Waals surface area contributed by atoms with Gasteiger partial charge in [0.15, 0.2) is 0 Å². The molecule has 51 heavy (non-hydrogen) atoms. The Balaban J connectivity index is 4.09. The van der Waals surface area contributed by atoms with Crippen molar-refractivity contribution >= 4 is 17.8 Å². The molecule has 0 aromatic carbocycles. The van der Waals surface area contributed by atoms with Crippen molar-refractivity contribution < 1.29 is 24.2 Å². The topological polar surface area (TPSA) is 92.7 Å². The highest BCUT2D eigenvalue weighted by atomic mass is 16.5. The van der Waals surface area contributed by atoms with Crippen molar-refractivity contribution in [1.29, 1.82) is 0 Å². The number of unbranched alkanes of at least 4 members (excludes halogenated alkanes) is 31. The molecule has 1 amide bonds. The van der Waals surface area contributed by atoms with Crippen LogP contribution in [0.25, 0.3) is 0 Å². The largest absolute Gasteiger partial charge is 0.480 e. The number of hydrogen-bond acceptors (Lipinski definition) is 4. The molecule has 2 N–H and O–H groups in total. The fourth-order valence-electron chi connectivity index (χ4n) is 7.16. The summed E-state index contributed by atoms with van der Waals surface area (Å²) in [7, 11) is 0. The standard InChI is InChI=1S/C45H87NO5/c1-3-5-7-9-11-13-15-17-18-19-21-23-25-27-32-36-40-45(50)51-42(38-34-30-28-31-35-39-43(47)46-41-44(48)49)37-33-29-26-24-22-20-16-14-12-10-8-6-4-2/h42H,3-41H2,1-2H3,(H,46,47)(H,48,49). The summed E-state index contributed by atoms with van der Waals surface area (Å²) in [6.07, 6.45) is 46.6. The van der Waals surface area contributed by atoms with Gasteiger partial charge in [0.2, 0.25) is 5.91 Å². The normalized spacial score (nSPS) is 11.9. The number of carboxylic acids is 1. The van der Waals surface area contributed by atoms with Crippen LogP contribution in [0.4, 0.5) is 0 Å². The quantitative estimate of drug-likeness (QED) is 0.0483. The molecule has 0 aliphatic carbocycles. The highest BCUT2D eigenvalue weighted by Crippen LogP contribution is 2.19. The number of carbonyl (C=O) groups is 3. The van der Waals surface area contributed by atoms with Gasteiger partial charge in [-0.15, -0.1) is 0 Å². The molecule has 0 aromatic rings. The molecule has 0 rings (SSSR count). The highest BCUT2D eigenvalue weighted by Gasteiger charge is 2.14. The van der Waals surface area contributed by atoms with Gasteiger partial charge in [0, 0.05) is 12.8 Å². The molecule has 302 valence electrons. The molecular formula is C45H87NO5. The van der Waals surface area contributed by atoms with Crippen LogP contribution in [0.5, 0.6) is 0 Å². The lowest BCUT2D eigenvalue weighted by Gasteiger charge is -2.18. The first kappa shape index (κ1) is 49.4. The van der Waals surface area contributed by atoms with E-state index >= 15 is 0 Å². The zero-order valence-electron chi connectivity index (χ0n) is 34.2. The van der Waals surface area contributed by atoms with Crippen LogP contribution in [0.1, 0.15) is 258 Å². The fraction of sp³-hybridized carbons (Fsp3) is 0.933. The van der Waals surface area contributed by atoms with Gasteiger partial charge in [-0.3, -0.25) is 14.4 Å². The summed E-state index contributed by atoms with van der Waals surface area (Å²) in [6, 6.07) is 0. The van der Waals surface area contributed by atoms with E-state index in [2.05, 4.69) is 19.2 Å². The second-order valence-corrected chi connectivity index (χ2v) is 15.7. The molecule has 0 aliphatic rings. The fourth-order valence-corrected chi connectivity index (χ4v) is 7.16. The first-order chi connectivity index (χ1) is 25.0. The van der Waals surface area contributed by atoms with Crippen molar-refractivity contribution in [2.24, 2.45) is 0 Å². The zero-order valence-corrected chi connectivity index (χ0v) is 34.2. The molecule has 1 atom stereocenters. The Morgan fingerprint density at radius 1 is 0.431 bits per heavy atom. The van der Waals surface area contributed by atoms with Crippen molar-refractivity contribution in [1.82, 2.24) is 5.32 Å². The summed E-state index contributed by atoms with van der Waals surface area (Å²) in [5, 5.41) is 11.1. The van der Waals surface area contributed by atoms with Crippen molar-refractivity contribution in [3.8, 4) is 0 Å². The van der Waals surface area contributed by atoms with Gasteiger partial charge in [0.05, 0.1) is 0 Å². The molecule has 0 saturated carbocycles. The lowest BCUT2D eigenvalue weighted by atomic mass is 10.0. The lowest BCUT2D eigenvalue weighted by molar-refractivity contribution is -0.150. The van der Waals surface area contributed by atoms with Gasteiger partial charge in [-0.05, 0) is 38.5 Å².